The van der Waals surface area contributed by atoms with E-state index in [0.29, 0.717) is 24.9 Å². The second kappa shape index (κ2) is 6.92. The van der Waals surface area contributed by atoms with Crippen molar-refractivity contribution in [2.75, 3.05) is 24.3 Å². The van der Waals surface area contributed by atoms with E-state index >= 15 is 0 Å². The summed E-state index contributed by atoms with van der Waals surface area (Å²) >= 11 is 0. The predicted molar refractivity (Wildman–Crippen MR) is 95.4 cm³/mol. The number of aryl methyl sites for hydroxylation is 2. The fourth-order valence-electron chi connectivity index (χ4n) is 3.65. The summed E-state index contributed by atoms with van der Waals surface area (Å²) in [6.07, 6.45) is 5.58. The molecule has 1 atom stereocenters. The minimum absolute atomic E-state index is 0.287. The van der Waals surface area contributed by atoms with Gasteiger partial charge >= 0.3 is 0 Å². The number of ether oxygens (including phenoxy) is 1. The van der Waals surface area contributed by atoms with Crippen molar-refractivity contribution < 1.29 is 4.74 Å². The molecule has 0 spiro atoms. The van der Waals surface area contributed by atoms with Gasteiger partial charge in [0.1, 0.15) is 11.6 Å². The van der Waals surface area contributed by atoms with Crippen molar-refractivity contribution >= 4 is 11.8 Å². The van der Waals surface area contributed by atoms with Crippen LogP contribution < -0.4 is 11.1 Å². The minimum atomic E-state index is 0.287. The first kappa shape index (κ1) is 16.2. The second-order valence-electron chi connectivity index (χ2n) is 6.81. The van der Waals surface area contributed by atoms with Crippen molar-refractivity contribution in [3.8, 4) is 0 Å². The molecule has 132 valence electrons. The molecule has 7 nitrogen and oxygen atoms in total. The molecule has 4 rings (SSSR count). The lowest BCUT2D eigenvalue weighted by Crippen LogP contribution is -2.15. The van der Waals surface area contributed by atoms with Gasteiger partial charge in [-0.15, -0.1) is 0 Å². The van der Waals surface area contributed by atoms with Crippen molar-refractivity contribution in [3.05, 3.63) is 34.5 Å². The SMILES string of the molecule is Cc1nc(CNc2cc(C3CCOC3)nc(N)n2)nc2c1CCCC2. The zero-order valence-corrected chi connectivity index (χ0v) is 14.6. The Balaban J connectivity index is 1.50. The van der Waals surface area contributed by atoms with E-state index in [-0.39, 0.29) is 5.95 Å². The summed E-state index contributed by atoms with van der Waals surface area (Å²) in [6, 6.07) is 1.96. The Morgan fingerprint density at radius 1 is 1.20 bits per heavy atom. The molecule has 0 bridgehead atoms. The van der Waals surface area contributed by atoms with Gasteiger partial charge in [-0.2, -0.15) is 4.98 Å². The highest BCUT2D eigenvalue weighted by Crippen LogP contribution is 2.26. The zero-order valence-electron chi connectivity index (χ0n) is 14.6. The van der Waals surface area contributed by atoms with Gasteiger partial charge in [0.05, 0.1) is 18.8 Å². The van der Waals surface area contributed by atoms with Gasteiger partial charge < -0.3 is 15.8 Å². The highest BCUT2D eigenvalue weighted by Gasteiger charge is 2.20. The highest BCUT2D eigenvalue weighted by molar-refractivity contribution is 5.42. The molecule has 2 aromatic rings. The molecular weight excluding hydrogens is 316 g/mol. The van der Waals surface area contributed by atoms with Gasteiger partial charge in [0, 0.05) is 30.0 Å². The Morgan fingerprint density at radius 2 is 2.08 bits per heavy atom. The smallest absolute Gasteiger partial charge is 0.222 e. The number of fused-ring (bicyclic) bond motifs is 1. The van der Waals surface area contributed by atoms with E-state index in [9.17, 15) is 0 Å². The van der Waals surface area contributed by atoms with Crippen LogP contribution in [0.2, 0.25) is 0 Å². The number of hydrogen-bond acceptors (Lipinski definition) is 7. The van der Waals surface area contributed by atoms with Gasteiger partial charge in [-0.05, 0) is 44.6 Å². The van der Waals surface area contributed by atoms with Crippen LogP contribution in [0, 0.1) is 6.92 Å². The van der Waals surface area contributed by atoms with E-state index in [1.54, 1.807) is 0 Å². The number of nitrogens with zero attached hydrogens (tertiary/aromatic N) is 4. The van der Waals surface area contributed by atoms with Crippen molar-refractivity contribution in [2.45, 2.75) is 51.5 Å². The van der Waals surface area contributed by atoms with E-state index < -0.39 is 0 Å². The van der Waals surface area contributed by atoms with Gasteiger partial charge in [0.25, 0.3) is 0 Å². The fraction of sp³-hybridized carbons (Fsp3) is 0.556. The van der Waals surface area contributed by atoms with Gasteiger partial charge in [-0.3, -0.25) is 0 Å². The molecule has 1 unspecified atom stereocenters. The molecule has 0 radical (unpaired) electrons. The number of nitrogens with two attached hydrogens (primary N) is 1. The van der Waals surface area contributed by atoms with Crippen molar-refractivity contribution in [1.29, 1.82) is 0 Å². The Labute approximate surface area is 147 Å². The van der Waals surface area contributed by atoms with Gasteiger partial charge in [0.15, 0.2) is 0 Å². The number of aromatic nitrogens is 4. The maximum Gasteiger partial charge on any atom is 0.222 e. The molecule has 1 aliphatic heterocycles. The predicted octanol–water partition coefficient (Wildman–Crippen LogP) is 2.15. The standard InChI is InChI=1S/C18H24N6O/c1-11-13-4-2-3-5-14(13)22-17(21-11)9-20-16-8-15(23-18(19)24-16)12-6-7-25-10-12/h8,12H,2-7,9-10H2,1H3,(H3,19,20,23,24). The Kier molecular flexibility index (Phi) is 4.48. The average molecular weight is 340 g/mol. The Hall–Kier alpha value is -2.28. The van der Waals surface area contributed by atoms with Crippen LogP contribution in [0.5, 0.6) is 0 Å². The maximum atomic E-state index is 5.88. The first-order chi connectivity index (χ1) is 12.2. The summed E-state index contributed by atoms with van der Waals surface area (Å²) in [5.41, 5.74) is 10.5. The van der Waals surface area contributed by atoms with Crippen LogP contribution in [0.3, 0.4) is 0 Å². The number of nitrogens with one attached hydrogen (secondary N) is 1. The van der Waals surface area contributed by atoms with E-state index in [1.807, 2.05) is 6.07 Å². The van der Waals surface area contributed by atoms with E-state index in [4.69, 9.17) is 15.5 Å². The first-order valence-electron chi connectivity index (χ1n) is 9.00. The minimum Gasteiger partial charge on any atom is -0.381 e. The first-order valence-corrected chi connectivity index (χ1v) is 9.00. The van der Waals surface area contributed by atoms with Crippen LogP contribution in [-0.2, 0) is 24.1 Å². The summed E-state index contributed by atoms with van der Waals surface area (Å²) in [6.45, 7) is 4.09. The van der Waals surface area contributed by atoms with Crippen LogP contribution in [0.15, 0.2) is 6.07 Å². The molecule has 7 heteroatoms. The largest absolute Gasteiger partial charge is 0.381 e. The molecule has 1 fully saturated rings. The summed E-state index contributed by atoms with van der Waals surface area (Å²) in [5.74, 6) is 2.11. The molecule has 0 aromatic carbocycles. The normalized spacial score (nSPS) is 19.6. The molecule has 0 amide bonds. The lowest BCUT2D eigenvalue weighted by molar-refractivity contribution is 0.193. The average Bonchev–Trinajstić information content (AvgIpc) is 3.14. The monoisotopic (exact) mass is 340 g/mol. The Bertz CT molecular complexity index is 772. The molecule has 0 saturated carbocycles. The molecule has 1 aliphatic carbocycles. The van der Waals surface area contributed by atoms with Crippen LogP contribution in [0.1, 0.15) is 53.7 Å². The second-order valence-corrected chi connectivity index (χ2v) is 6.81. The van der Waals surface area contributed by atoms with Crippen molar-refractivity contribution in [1.82, 2.24) is 19.9 Å². The molecule has 25 heavy (non-hydrogen) atoms. The summed E-state index contributed by atoms with van der Waals surface area (Å²) < 4.78 is 5.44. The van der Waals surface area contributed by atoms with Gasteiger partial charge in [0.2, 0.25) is 5.95 Å². The van der Waals surface area contributed by atoms with Gasteiger partial charge in [-0.25, -0.2) is 15.0 Å². The third-order valence-electron chi connectivity index (χ3n) is 4.98. The zero-order chi connectivity index (χ0) is 17.2. The summed E-state index contributed by atoms with van der Waals surface area (Å²) in [5, 5.41) is 3.30. The van der Waals surface area contributed by atoms with Crippen LogP contribution in [0.4, 0.5) is 11.8 Å². The third kappa shape index (κ3) is 3.56. The summed E-state index contributed by atoms with van der Waals surface area (Å²) in [7, 11) is 0. The number of rotatable bonds is 4. The van der Waals surface area contributed by atoms with Crippen molar-refractivity contribution in [3.63, 3.8) is 0 Å². The van der Waals surface area contributed by atoms with E-state index in [1.165, 1.54) is 24.1 Å². The molecular formula is C18H24N6O. The molecule has 2 aromatic heterocycles. The number of nitrogen functional groups attached to an aromatic ring is 1. The van der Waals surface area contributed by atoms with Gasteiger partial charge in [-0.1, -0.05) is 0 Å². The van der Waals surface area contributed by atoms with Crippen LogP contribution in [-0.4, -0.2) is 33.1 Å². The molecule has 3 heterocycles. The maximum absolute atomic E-state index is 5.88. The van der Waals surface area contributed by atoms with Crippen LogP contribution in [0.25, 0.3) is 0 Å². The number of hydrogen-bond donors (Lipinski definition) is 2. The summed E-state index contributed by atoms with van der Waals surface area (Å²) in [4.78, 5) is 18.0. The fourth-order valence-corrected chi connectivity index (χ4v) is 3.65. The van der Waals surface area contributed by atoms with Crippen molar-refractivity contribution in [2.24, 2.45) is 0 Å². The van der Waals surface area contributed by atoms with Crippen LogP contribution >= 0.6 is 0 Å². The Morgan fingerprint density at radius 3 is 2.92 bits per heavy atom. The molecule has 2 aliphatic rings. The lowest BCUT2D eigenvalue weighted by atomic mass is 9.95. The third-order valence-corrected chi connectivity index (χ3v) is 4.98. The number of anilines is 2. The topological polar surface area (TPSA) is 98.8 Å². The molecule has 3 N–H and O–H groups in total. The highest BCUT2D eigenvalue weighted by atomic mass is 16.5. The molecule has 1 saturated heterocycles. The van der Waals surface area contributed by atoms with E-state index in [2.05, 4.69) is 27.2 Å². The quantitative estimate of drug-likeness (QED) is 0.880. The van der Waals surface area contributed by atoms with E-state index in [0.717, 1.165) is 43.1 Å². The lowest BCUT2D eigenvalue weighted by Gasteiger charge is -2.18.